The Morgan fingerprint density at radius 3 is 2.93 bits per heavy atom. The van der Waals surface area contributed by atoms with E-state index < -0.39 is 0 Å². The lowest BCUT2D eigenvalue weighted by Gasteiger charge is -2.09. The van der Waals surface area contributed by atoms with Gasteiger partial charge in [-0.15, -0.1) is 11.3 Å². The smallest absolute Gasteiger partial charge is 0.228 e. The van der Waals surface area contributed by atoms with E-state index in [4.69, 9.17) is 0 Å². The van der Waals surface area contributed by atoms with Gasteiger partial charge < -0.3 is 10.6 Å². The normalized spacial score (nSPS) is 12.4. The van der Waals surface area contributed by atoms with Gasteiger partial charge in [-0.1, -0.05) is 6.07 Å². The molecule has 0 aliphatic carbocycles. The maximum Gasteiger partial charge on any atom is 0.228 e. The van der Waals surface area contributed by atoms with E-state index in [1.165, 1.54) is 0 Å². The zero-order valence-corrected chi connectivity index (χ0v) is 9.36. The Bertz CT molecular complexity index is 272. The molecular weight excluding hydrogens is 196 g/mol. The van der Waals surface area contributed by atoms with E-state index in [2.05, 4.69) is 10.6 Å². The Morgan fingerprint density at radius 2 is 2.36 bits per heavy atom. The molecule has 1 aromatic heterocycles. The first kappa shape index (κ1) is 11.2. The lowest BCUT2D eigenvalue weighted by molar-refractivity contribution is -0.122. The maximum atomic E-state index is 11.6. The van der Waals surface area contributed by atoms with Crippen molar-refractivity contribution in [2.75, 3.05) is 20.1 Å². The Morgan fingerprint density at radius 1 is 1.57 bits per heavy atom. The second-order valence-electron chi connectivity index (χ2n) is 3.13. The van der Waals surface area contributed by atoms with Crippen molar-refractivity contribution in [1.82, 2.24) is 10.6 Å². The van der Waals surface area contributed by atoms with Crippen LogP contribution < -0.4 is 10.6 Å². The van der Waals surface area contributed by atoms with Gasteiger partial charge in [-0.2, -0.15) is 0 Å². The number of nitrogens with one attached hydrogen (secondary N) is 2. The second-order valence-corrected chi connectivity index (χ2v) is 4.11. The van der Waals surface area contributed by atoms with Crippen LogP contribution in [-0.2, 0) is 4.79 Å². The quantitative estimate of drug-likeness (QED) is 0.720. The Labute approximate surface area is 88.5 Å². The molecule has 1 amide bonds. The summed E-state index contributed by atoms with van der Waals surface area (Å²) in [7, 11) is 1.87. The molecule has 0 spiro atoms. The highest BCUT2D eigenvalue weighted by molar-refractivity contribution is 7.10. The highest BCUT2D eigenvalue weighted by atomic mass is 32.1. The summed E-state index contributed by atoms with van der Waals surface area (Å²) in [6.07, 6.45) is 0. The van der Waals surface area contributed by atoms with Crippen LogP contribution in [0.15, 0.2) is 17.5 Å². The average Bonchev–Trinajstić information content (AvgIpc) is 2.69. The van der Waals surface area contributed by atoms with Gasteiger partial charge in [-0.05, 0) is 25.4 Å². The number of carbonyl (C=O) groups is 1. The number of rotatable bonds is 5. The fourth-order valence-corrected chi connectivity index (χ4v) is 1.91. The zero-order valence-electron chi connectivity index (χ0n) is 8.54. The van der Waals surface area contributed by atoms with Crippen LogP contribution in [-0.4, -0.2) is 26.0 Å². The van der Waals surface area contributed by atoms with Crippen molar-refractivity contribution in [1.29, 1.82) is 0 Å². The summed E-state index contributed by atoms with van der Waals surface area (Å²) >= 11 is 1.62. The molecule has 0 fully saturated rings. The molecule has 0 aliphatic rings. The highest BCUT2D eigenvalue weighted by Crippen LogP contribution is 2.20. The number of thiophene rings is 1. The summed E-state index contributed by atoms with van der Waals surface area (Å²) in [5, 5.41) is 7.85. The third kappa shape index (κ3) is 3.12. The number of amides is 1. The summed E-state index contributed by atoms with van der Waals surface area (Å²) in [5.74, 6) is 0.0644. The van der Waals surface area contributed by atoms with Crippen LogP contribution in [0.3, 0.4) is 0 Å². The fraction of sp³-hybridized carbons (Fsp3) is 0.500. The summed E-state index contributed by atoms with van der Waals surface area (Å²) in [6.45, 7) is 3.43. The van der Waals surface area contributed by atoms with Crippen LogP contribution in [0.4, 0.5) is 0 Å². The van der Waals surface area contributed by atoms with E-state index in [1.54, 1.807) is 11.3 Å². The van der Waals surface area contributed by atoms with Gasteiger partial charge in [0.05, 0.1) is 5.92 Å². The largest absolute Gasteiger partial charge is 0.354 e. The SMILES string of the molecule is CNCCNC(=O)C(C)c1cccs1. The molecule has 78 valence electrons. The molecule has 1 atom stereocenters. The third-order valence-corrected chi connectivity index (χ3v) is 3.09. The second kappa shape index (κ2) is 5.78. The predicted octanol–water partition coefficient (Wildman–Crippen LogP) is 1.19. The molecule has 4 heteroatoms. The molecule has 0 saturated heterocycles. The Hall–Kier alpha value is -0.870. The summed E-state index contributed by atoms with van der Waals surface area (Å²) in [6, 6.07) is 3.96. The van der Waals surface area contributed by atoms with Gasteiger partial charge in [0.1, 0.15) is 0 Å². The van der Waals surface area contributed by atoms with Gasteiger partial charge in [0.25, 0.3) is 0 Å². The molecule has 0 radical (unpaired) electrons. The monoisotopic (exact) mass is 212 g/mol. The van der Waals surface area contributed by atoms with Crippen LogP contribution in [0.5, 0.6) is 0 Å². The van der Waals surface area contributed by atoms with Crippen molar-refractivity contribution in [3.8, 4) is 0 Å². The van der Waals surface area contributed by atoms with Crippen LogP contribution in [0, 0.1) is 0 Å². The van der Waals surface area contributed by atoms with E-state index in [0.29, 0.717) is 6.54 Å². The minimum absolute atomic E-state index is 0.0353. The zero-order chi connectivity index (χ0) is 10.4. The fourth-order valence-electron chi connectivity index (χ4n) is 1.13. The number of likely N-dealkylation sites (N-methyl/N-ethyl adjacent to an activating group) is 1. The van der Waals surface area contributed by atoms with E-state index in [0.717, 1.165) is 11.4 Å². The van der Waals surface area contributed by atoms with Crippen molar-refractivity contribution in [3.63, 3.8) is 0 Å². The van der Waals surface area contributed by atoms with Gasteiger partial charge >= 0.3 is 0 Å². The van der Waals surface area contributed by atoms with Crippen LogP contribution in [0.2, 0.25) is 0 Å². The van der Waals surface area contributed by atoms with Gasteiger partial charge in [-0.3, -0.25) is 4.79 Å². The maximum absolute atomic E-state index is 11.6. The van der Waals surface area contributed by atoms with Crippen molar-refractivity contribution >= 4 is 17.2 Å². The third-order valence-electron chi connectivity index (χ3n) is 2.04. The Balaban J connectivity index is 2.37. The Kier molecular flexibility index (Phi) is 4.62. The molecule has 0 aromatic carbocycles. The van der Waals surface area contributed by atoms with Crippen molar-refractivity contribution < 1.29 is 4.79 Å². The summed E-state index contributed by atoms with van der Waals surface area (Å²) in [5.41, 5.74) is 0. The predicted molar refractivity (Wildman–Crippen MR) is 59.7 cm³/mol. The lowest BCUT2D eigenvalue weighted by atomic mass is 10.1. The first-order chi connectivity index (χ1) is 6.75. The summed E-state index contributed by atoms with van der Waals surface area (Å²) < 4.78 is 0. The van der Waals surface area contributed by atoms with E-state index in [9.17, 15) is 4.79 Å². The molecule has 0 bridgehead atoms. The summed E-state index contributed by atoms with van der Waals surface area (Å²) in [4.78, 5) is 12.7. The van der Waals surface area contributed by atoms with Crippen molar-refractivity contribution in [2.24, 2.45) is 0 Å². The highest BCUT2D eigenvalue weighted by Gasteiger charge is 2.14. The minimum Gasteiger partial charge on any atom is -0.354 e. The molecule has 1 heterocycles. The number of hydrogen-bond donors (Lipinski definition) is 2. The van der Waals surface area contributed by atoms with Gasteiger partial charge in [0, 0.05) is 18.0 Å². The molecule has 0 aliphatic heterocycles. The molecule has 1 unspecified atom stereocenters. The van der Waals surface area contributed by atoms with Crippen LogP contribution >= 0.6 is 11.3 Å². The topological polar surface area (TPSA) is 41.1 Å². The number of hydrogen-bond acceptors (Lipinski definition) is 3. The molecule has 1 aromatic rings. The van der Waals surface area contributed by atoms with E-state index in [-0.39, 0.29) is 11.8 Å². The van der Waals surface area contributed by atoms with Gasteiger partial charge in [-0.25, -0.2) is 0 Å². The molecule has 3 nitrogen and oxygen atoms in total. The van der Waals surface area contributed by atoms with Crippen molar-refractivity contribution in [2.45, 2.75) is 12.8 Å². The molecule has 1 rings (SSSR count). The standard InChI is InChI=1S/C10H16N2OS/c1-8(9-4-3-7-14-9)10(13)12-6-5-11-2/h3-4,7-8,11H,5-6H2,1-2H3,(H,12,13). The molecule has 14 heavy (non-hydrogen) atoms. The molecule has 0 saturated carbocycles. The first-order valence-corrected chi connectivity index (χ1v) is 5.59. The average molecular weight is 212 g/mol. The van der Waals surface area contributed by atoms with E-state index in [1.807, 2.05) is 31.5 Å². The first-order valence-electron chi connectivity index (χ1n) is 4.71. The van der Waals surface area contributed by atoms with E-state index >= 15 is 0 Å². The number of carbonyl (C=O) groups excluding carboxylic acids is 1. The molecule has 2 N–H and O–H groups in total. The lowest BCUT2D eigenvalue weighted by Crippen LogP contribution is -2.33. The van der Waals surface area contributed by atoms with Crippen LogP contribution in [0.1, 0.15) is 17.7 Å². The van der Waals surface area contributed by atoms with Gasteiger partial charge in [0.2, 0.25) is 5.91 Å². The van der Waals surface area contributed by atoms with Crippen LogP contribution in [0.25, 0.3) is 0 Å². The molecular formula is C10H16N2OS. The van der Waals surface area contributed by atoms with Crippen molar-refractivity contribution in [3.05, 3.63) is 22.4 Å². The minimum atomic E-state index is -0.0353. The van der Waals surface area contributed by atoms with Gasteiger partial charge in [0.15, 0.2) is 0 Å².